The van der Waals surface area contributed by atoms with Crippen LogP contribution < -0.4 is 5.32 Å². The normalized spacial score (nSPS) is 12.6. The molecule has 3 N–H and O–H groups in total. The van der Waals surface area contributed by atoms with E-state index < -0.39 is 12.1 Å². The van der Waals surface area contributed by atoms with Gasteiger partial charge >= 0.3 is 5.97 Å². The number of hydrogen-bond acceptors (Lipinski definition) is 5. The maximum atomic E-state index is 12.5. The Labute approximate surface area is 438 Å². The lowest BCUT2D eigenvalue weighted by Crippen LogP contribution is -2.45. The van der Waals surface area contributed by atoms with Gasteiger partial charge in [-0.2, -0.15) is 0 Å². The maximum absolute atomic E-state index is 12.5. The Morgan fingerprint density at radius 2 is 0.671 bits per heavy atom. The summed E-state index contributed by atoms with van der Waals surface area (Å²) in [5, 5.41) is 23.3. The smallest absolute Gasteiger partial charge is 0.305 e. The summed E-state index contributed by atoms with van der Waals surface area (Å²) >= 11 is 0. The fourth-order valence-electron chi connectivity index (χ4n) is 10.2. The van der Waals surface area contributed by atoms with Crippen molar-refractivity contribution in [3.05, 3.63) is 12.2 Å². The molecule has 0 saturated carbocycles. The van der Waals surface area contributed by atoms with Gasteiger partial charge in [-0.3, -0.25) is 9.59 Å². The van der Waals surface area contributed by atoms with E-state index in [1.165, 1.54) is 289 Å². The minimum atomic E-state index is -0.668. The first-order valence-electron chi connectivity index (χ1n) is 31.9. The molecule has 0 aliphatic rings. The lowest BCUT2D eigenvalue weighted by atomic mass is 10.0. The summed E-state index contributed by atoms with van der Waals surface area (Å²) in [6.07, 6.45) is 72.2. The second kappa shape index (κ2) is 60.2. The number of carbonyl (C=O) groups is 2. The van der Waals surface area contributed by atoms with E-state index in [4.69, 9.17) is 4.74 Å². The van der Waals surface area contributed by atoms with Crippen LogP contribution in [0.15, 0.2) is 12.2 Å². The Balaban J connectivity index is 3.40. The molecule has 0 spiro atoms. The van der Waals surface area contributed by atoms with Crippen LogP contribution in [0.25, 0.3) is 0 Å². The van der Waals surface area contributed by atoms with E-state index in [-0.39, 0.29) is 18.5 Å². The molecule has 0 heterocycles. The summed E-state index contributed by atoms with van der Waals surface area (Å²) in [4.78, 5) is 24.6. The first kappa shape index (κ1) is 68.6. The van der Waals surface area contributed by atoms with Crippen molar-refractivity contribution in [1.29, 1.82) is 0 Å². The molecule has 2 unspecified atom stereocenters. The molecule has 1 amide bonds. The highest BCUT2D eigenvalue weighted by Gasteiger charge is 2.20. The van der Waals surface area contributed by atoms with Crippen molar-refractivity contribution in [2.24, 2.45) is 0 Å². The predicted octanol–water partition coefficient (Wildman–Crippen LogP) is 20.0. The van der Waals surface area contributed by atoms with E-state index in [9.17, 15) is 19.8 Å². The molecule has 0 aliphatic carbocycles. The molecular formula is C64H125NO5. The molecule has 0 rings (SSSR count). The van der Waals surface area contributed by atoms with E-state index in [1.807, 2.05) is 0 Å². The number of carbonyl (C=O) groups excluding carboxylic acids is 2. The van der Waals surface area contributed by atoms with Crippen LogP contribution in [-0.2, 0) is 14.3 Å². The van der Waals surface area contributed by atoms with Gasteiger partial charge in [-0.05, 0) is 51.4 Å². The van der Waals surface area contributed by atoms with Crippen LogP contribution in [0.2, 0.25) is 0 Å². The number of allylic oxidation sites excluding steroid dienone is 2. The van der Waals surface area contributed by atoms with E-state index in [2.05, 4.69) is 31.3 Å². The number of amides is 1. The molecule has 70 heavy (non-hydrogen) atoms. The highest BCUT2D eigenvalue weighted by molar-refractivity contribution is 5.76. The lowest BCUT2D eigenvalue weighted by Gasteiger charge is -2.22. The van der Waals surface area contributed by atoms with Crippen molar-refractivity contribution in [2.45, 2.75) is 373 Å². The Kier molecular flexibility index (Phi) is 59.0. The number of ether oxygens (including phenoxy) is 1. The molecule has 0 bridgehead atoms. The highest BCUT2D eigenvalue weighted by atomic mass is 16.5. The third-order valence-electron chi connectivity index (χ3n) is 15.1. The summed E-state index contributed by atoms with van der Waals surface area (Å²) in [5.41, 5.74) is 0. The Morgan fingerprint density at radius 1 is 0.386 bits per heavy atom. The molecule has 0 aromatic rings. The Bertz CT molecular complexity index is 1050. The molecule has 6 heteroatoms. The molecule has 0 fully saturated rings. The van der Waals surface area contributed by atoms with Gasteiger partial charge in [0.25, 0.3) is 0 Å². The van der Waals surface area contributed by atoms with Crippen molar-refractivity contribution in [3.8, 4) is 0 Å². The van der Waals surface area contributed by atoms with Gasteiger partial charge in [0.2, 0.25) is 5.91 Å². The molecule has 416 valence electrons. The average Bonchev–Trinajstić information content (AvgIpc) is 3.36. The van der Waals surface area contributed by atoms with Crippen molar-refractivity contribution < 1.29 is 24.5 Å². The number of unbranched alkanes of at least 4 members (excludes halogenated alkanes) is 47. The van der Waals surface area contributed by atoms with E-state index in [0.29, 0.717) is 25.9 Å². The second-order valence-corrected chi connectivity index (χ2v) is 22.1. The number of esters is 1. The molecule has 0 saturated heterocycles. The lowest BCUT2D eigenvalue weighted by molar-refractivity contribution is -0.143. The van der Waals surface area contributed by atoms with Crippen LogP contribution in [0.4, 0.5) is 0 Å². The number of rotatable bonds is 60. The van der Waals surface area contributed by atoms with E-state index in [0.717, 1.165) is 38.5 Å². The van der Waals surface area contributed by atoms with E-state index in [1.54, 1.807) is 0 Å². The molecular weight excluding hydrogens is 863 g/mol. The maximum Gasteiger partial charge on any atom is 0.305 e. The zero-order chi connectivity index (χ0) is 50.7. The minimum absolute atomic E-state index is 0.0137. The van der Waals surface area contributed by atoms with Crippen molar-refractivity contribution in [1.82, 2.24) is 5.32 Å². The number of aliphatic hydroxyl groups excluding tert-OH is 2. The SMILES string of the molecule is CCCCCCCCCCCCCCCCCCC(O)C(CO)NC(=O)CCCCCCCCC/C=C\CCCCCCCCCCCCCOC(=O)CCCCCCCCCCCCCCCCC. The first-order valence-corrected chi connectivity index (χ1v) is 31.9. The Hall–Kier alpha value is -1.40. The number of nitrogens with one attached hydrogen (secondary N) is 1. The molecule has 2 atom stereocenters. The minimum Gasteiger partial charge on any atom is -0.466 e. The molecule has 0 aromatic heterocycles. The fourth-order valence-corrected chi connectivity index (χ4v) is 10.2. The monoisotopic (exact) mass is 988 g/mol. The van der Waals surface area contributed by atoms with Gasteiger partial charge in [-0.25, -0.2) is 0 Å². The average molecular weight is 989 g/mol. The summed E-state index contributed by atoms with van der Waals surface area (Å²) in [6, 6.07) is -0.546. The van der Waals surface area contributed by atoms with Gasteiger partial charge in [0.15, 0.2) is 0 Å². The third-order valence-corrected chi connectivity index (χ3v) is 15.1. The van der Waals surface area contributed by atoms with Gasteiger partial charge < -0.3 is 20.3 Å². The van der Waals surface area contributed by atoms with Crippen LogP contribution >= 0.6 is 0 Å². The molecule has 6 nitrogen and oxygen atoms in total. The summed E-state index contributed by atoms with van der Waals surface area (Å²) in [7, 11) is 0. The fraction of sp³-hybridized carbons (Fsp3) is 0.938. The zero-order valence-electron chi connectivity index (χ0n) is 47.5. The van der Waals surface area contributed by atoms with Gasteiger partial charge in [0.05, 0.1) is 25.4 Å². The summed E-state index contributed by atoms with van der Waals surface area (Å²) in [5.74, 6) is -0.0254. The van der Waals surface area contributed by atoms with Gasteiger partial charge in [-0.1, -0.05) is 309 Å². The largest absolute Gasteiger partial charge is 0.466 e. The van der Waals surface area contributed by atoms with Crippen LogP contribution in [-0.4, -0.2) is 47.4 Å². The first-order chi connectivity index (χ1) is 34.5. The van der Waals surface area contributed by atoms with Crippen molar-refractivity contribution in [3.63, 3.8) is 0 Å². The van der Waals surface area contributed by atoms with Crippen molar-refractivity contribution >= 4 is 11.9 Å². The van der Waals surface area contributed by atoms with Crippen LogP contribution in [0.5, 0.6) is 0 Å². The van der Waals surface area contributed by atoms with Gasteiger partial charge in [0, 0.05) is 12.8 Å². The number of hydrogen-bond donors (Lipinski definition) is 3. The Morgan fingerprint density at radius 3 is 1.01 bits per heavy atom. The second-order valence-electron chi connectivity index (χ2n) is 22.1. The zero-order valence-corrected chi connectivity index (χ0v) is 47.5. The number of aliphatic hydroxyl groups is 2. The molecule has 0 aliphatic heterocycles. The van der Waals surface area contributed by atoms with Gasteiger partial charge in [0.1, 0.15) is 0 Å². The van der Waals surface area contributed by atoms with Crippen LogP contribution in [0.1, 0.15) is 361 Å². The standard InChI is InChI=1S/C64H125NO5/c1-3-5-7-9-11-13-15-17-19-29-32-36-40-44-48-52-56-62(67)61(60-66)65-63(68)57-53-49-45-41-37-33-30-26-24-22-20-21-23-25-27-31-35-39-43-47-51-55-59-70-64(69)58-54-50-46-42-38-34-28-18-16-14-12-10-8-6-4-2/h22,24,61-62,66-67H,3-21,23,25-60H2,1-2H3,(H,65,68)/b24-22-. The van der Waals surface area contributed by atoms with Gasteiger partial charge in [-0.15, -0.1) is 0 Å². The summed E-state index contributed by atoms with van der Waals surface area (Å²) < 4.78 is 5.49. The van der Waals surface area contributed by atoms with Crippen LogP contribution in [0.3, 0.4) is 0 Å². The summed E-state index contributed by atoms with van der Waals surface area (Å²) in [6.45, 7) is 4.98. The quantitative estimate of drug-likeness (QED) is 0.0321. The highest BCUT2D eigenvalue weighted by Crippen LogP contribution is 2.18. The molecule has 0 radical (unpaired) electrons. The third kappa shape index (κ3) is 55.9. The van der Waals surface area contributed by atoms with E-state index >= 15 is 0 Å². The molecule has 0 aromatic carbocycles. The van der Waals surface area contributed by atoms with Crippen LogP contribution in [0, 0.1) is 0 Å². The topological polar surface area (TPSA) is 95.9 Å². The predicted molar refractivity (Wildman–Crippen MR) is 306 cm³/mol. The van der Waals surface area contributed by atoms with Crippen molar-refractivity contribution in [2.75, 3.05) is 13.2 Å².